The molecule has 0 saturated carbocycles. The van der Waals surface area contributed by atoms with E-state index >= 15 is 0 Å². The summed E-state index contributed by atoms with van der Waals surface area (Å²) in [4.78, 5) is 9.20. The van der Waals surface area contributed by atoms with Crippen LogP contribution in [0.1, 0.15) is 0 Å². The quantitative estimate of drug-likeness (QED) is 0.410. The highest BCUT2D eigenvalue weighted by Gasteiger charge is 2.24. The number of hydrogen-bond acceptors (Lipinski definition) is 2. The summed E-state index contributed by atoms with van der Waals surface area (Å²) in [7, 11) is 0. The molecule has 3 nitrogen and oxygen atoms in total. The van der Waals surface area contributed by atoms with Crippen molar-refractivity contribution in [3.05, 3.63) is 23.4 Å². The molecule has 12 heavy (non-hydrogen) atoms. The van der Waals surface area contributed by atoms with E-state index in [1.807, 2.05) is 0 Å². The van der Waals surface area contributed by atoms with E-state index in [1.165, 1.54) is 0 Å². The maximum absolute atomic E-state index is 10.0. The summed E-state index contributed by atoms with van der Waals surface area (Å²) in [6.45, 7) is 0.290. The molecule has 1 unspecified atom stereocenters. The Balaban J connectivity index is 2.60. The molecular weight excluding hydrogens is 199 g/mol. The molecule has 0 radical (unpaired) electrons. The Kier molecular flexibility index (Phi) is 3.00. The van der Waals surface area contributed by atoms with Gasteiger partial charge in [0.2, 0.25) is 6.41 Å². The Hall–Kier alpha value is -0.670. The molecule has 0 fully saturated rings. The van der Waals surface area contributed by atoms with Gasteiger partial charge in [-0.05, 0) is 18.4 Å². The number of amides is 1. The van der Waals surface area contributed by atoms with E-state index < -0.39 is 5.00 Å². The van der Waals surface area contributed by atoms with Crippen molar-refractivity contribution < 1.29 is 4.79 Å². The van der Waals surface area contributed by atoms with Gasteiger partial charge in [0, 0.05) is 5.03 Å². The number of carbonyl (C=O) groups is 1. The van der Waals surface area contributed by atoms with Gasteiger partial charge in [-0.3, -0.25) is 4.79 Å². The molecule has 0 aromatic rings. The number of halogens is 2. The molecule has 1 aliphatic rings. The zero-order valence-electron chi connectivity index (χ0n) is 6.18. The van der Waals surface area contributed by atoms with E-state index in [1.54, 1.807) is 18.4 Å². The predicted octanol–water partition coefficient (Wildman–Crippen LogP) is 0.907. The summed E-state index contributed by atoms with van der Waals surface area (Å²) < 4.78 is 0. The third kappa shape index (κ3) is 2.43. The lowest BCUT2D eigenvalue weighted by Crippen LogP contribution is -2.44. The fourth-order valence-corrected chi connectivity index (χ4v) is 1.42. The van der Waals surface area contributed by atoms with Crippen LogP contribution in [0.15, 0.2) is 23.4 Å². The normalized spacial score (nSPS) is 27.3. The van der Waals surface area contributed by atoms with Crippen LogP contribution in [0.3, 0.4) is 0 Å². The van der Waals surface area contributed by atoms with Crippen molar-refractivity contribution in [2.24, 2.45) is 0 Å². The van der Waals surface area contributed by atoms with Crippen molar-refractivity contribution in [1.29, 1.82) is 0 Å². The Morgan fingerprint density at radius 3 is 3.08 bits per heavy atom. The van der Waals surface area contributed by atoms with Crippen LogP contribution in [0.4, 0.5) is 0 Å². The molecule has 1 amide bonds. The molecule has 0 spiro atoms. The van der Waals surface area contributed by atoms with Crippen molar-refractivity contribution in [2.45, 2.75) is 5.00 Å². The highest BCUT2D eigenvalue weighted by atomic mass is 35.5. The van der Waals surface area contributed by atoms with Gasteiger partial charge >= 0.3 is 0 Å². The van der Waals surface area contributed by atoms with Gasteiger partial charge in [-0.15, -0.1) is 0 Å². The van der Waals surface area contributed by atoms with E-state index in [9.17, 15) is 4.79 Å². The van der Waals surface area contributed by atoms with Crippen LogP contribution in [0, 0.1) is 0 Å². The Morgan fingerprint density at radius 2 is 2.50 bits per heavy atom. The summed E-state index contributed by atoms with van der Waals surface area (Å²) in [5, 5.41) is 5.88. The third-order valence-corrected chi connectivity index (χ3v) is 1.96. The molecule has 0 aromatic carbocycles. The van der Waals surface area contributed by atoms with Crippen LogP contribution in [0.2, 0.25) is 0 Å². The van der Waals surface area contributed by atoms with Crippen molar-refractivity contribution in [3.8, 4) is 0 Å². The zero-order chi connectivity index (χ0) is 9.03. The van der Waals surface area contributed by atoms with Gasteiger partial charge in [0.1, 0.15) is 5.00 Å². The van der Waals surface area contributed by atoms with Crippen molar-refractivity contribution in [1.82, 2.24) is 10.6 Å². The Labute approximate surface area is 80.4 Å². The second kappa shape index (κ2) is 3.83. The first kappa shape index (κ1) is 9.42. The van der Waals surface area contributed by atoms with Gasteiger partial charge in [0.25, 0.3) is 0 Å². The molecule has 1 heterocycles. The molecule has 0 saturated heterocycles. The van der Waals surface area contributed by atoms with Gasteiger partial charge in [-0.2, -0.15) is 0 Å². The number of nitrogens with one attached hydrogen (secondary N) is 2. The second-order valence-electron chi connectivity index (χ2n) is 2.37. The number of rotatable bonds is 3. The Bertz CT molecular complexity index is 240. The minimum atomic E-state index is -0.799. The van der Waals surface area contributed by atoms with Crippen molar-refractivity contribution >= 4 is 29.6 Å². The molecule has 0 aliphatic carbocycles. The highest BCUT2D eigenvalue weighted by Crippen LogP contribution is 2.20. The minimum absolute atomic E-state index is 0.290. The molecule has 1 aliphatic heterocycles. The monoisotopic (exact) mass is 206 g/mol. The zero-order valence-corrected chi connectivity index (χ0v) is 7.69. The summed E-state index contributed by atoms with van der Waals surface area (Å²) >= 11 is 11.7. The standard InChI is InChI=1S/C7H8Cl2N2O/c8-6-1-2-11-7(9,3-6)4-10-5-12/h1-3,5,11H,4H2,(H,10,12). The summed E-state index contributed by atoms with van der Waals surface area (Å²) in [6.07, 6.45) is 5.55. The number of allylic oxidation sites excluding steroid dienone is 2. The number of carbonyl (C=O) groups excluding carboxylic acids is 1. The first-order valence-electron chi connectivity index (χ1n) is 3.35. The van der Waals surface area contributed by atoms with Gasteiger partial charge in [-0.25, -0.2) is 0 Å². The van der Waals surface area contributed by atoms with Crippen LogP contribution in [0.25, 0.3) is 0 Å². The average molecular weight is 207 g/mol. The lowest BCUT2D eigenvalue weighted by Gasteiger charge is -2.26. The van der Waals surface area contributed by atoms with Crippen molar-refractivity contribution in [3.63, 3.8) is 0 Å². The lowest BCUT2D eigenvalue weighted by atomic mass is 10.2. The average Bonchev–Trinajstić information content (AvgIpc) is 2.01. The minimum Gasteiger partial charge on any atom is -0.368 e. The molecule has 1 atom stereocenters. The fraction of sp³-hybridized carbons (Fsp3) is 0.286. The largest absolute Gasteiger partial charge is 0.368 e. The van der Waals surface area contributed by atoms with Gasteiger partial charge in [0.15, 0.2) is 0 Å². The highest BCUT2D eigenvalue weighted by molar-refractivity contribution is 6.33. The first-order valence-corrected chi connectivity index (χ1v) is 4.10. The fourth-order valence-electron chi connectivity index (χ4n) is 0.860. The van der Waals surface area contributed by atoms with Crippen LogP contribution >= 0.6 is 23.2 Å². The van der Waals surface area contributed by atoms with Crippen LogP contribution < -0.4 is 10.6 Å². The maximum atomic E-state index is 10.0. The number of alkyl halides is 1. The summed E-state index contributed by atoms with van der Waals surface area (Å²) in [6, 6.07) is 0. The summed E-state index contributed by atoms with van der Waals surface area (Å²) in [5.74, 6) is 0. The number of hydrogen-bond donors (Lipinski definition) is 2. The lowest BCUT2D eigenvalue weighted by molar-refractivity contribution is -0.109. The van der Waals surface area contributed by atoms with Gasteiger partial charge in [-0.1, -0.05) is 23.2 Å². The number of dihydropyridines is 1. The first-order chi connectivity index (χ1) is 5.66. The molecule has 2 N–H and O–H groups in total. The van der Waals surface area contributed by atoms with E-state index in [0.29, 0.717) is 18.0 Å². The van der Waals surface area contributed by atoms with E-state index in [2.05, 4.69) is 10.6 Å². The van der Waals surface area contributed by atoms with Crippen LogP contribution in [0.5, 0.6) is 0 Å². The molecular formula is C7H8Cl2N2O. The van der Waals surface area contributed by atoms with E-state index in [0.717, 1.165) is 0 Å². The van der Waals surface area contributed by atoms with Crippen molar-refractivity contribution in [2.75, 3.05) is 6.54 Å². The molecule has 0 aromatic heterocycles. The van der Waals surface area contributed by atoms with Gasteiger partial charge in [0.05, 0.1) is 6.54 Å². The van der Waals surface area contributed by atoms with Gasteiger partial charge < -0.3 is 10.6 Å². The topological polar surface area (TPSA) is 41.1 Å². The molecule has 1 rings (SSSR count). The smallest absolute Gasteiger partial charge is 0.207 e. The van der Waals surface area contributed by atoms with Crippen LogP contribution in [-0.4, -0.2) is 18.0 Å². The second-order valence-corrected chi connectivity index (χ2v) is 3.48. The van der Waals surface area contributed by atoms with E-state index in [4.69, 9.17) is 23.2 Å². The Morgan fingerprint density at radius 1 is 1.75 bits per heavy atom. The van der Waals surface area contributed by atoms with E-state index in [-0.39, 0.29) is 0 Å². The maximum Gasteiger partial charge on any atom is 0.207 e. The third-order valence-electron chi connectivity index (χ3n) is 1.38. The predicted molar refractivity (Wildman–Crippen MR) is 48.9 cm³/mol. The molecule has 0 bridgehead atoms. The molecule has 5 heteroatoms. The molecule has 66 valence electrons. The van der Waals surface area contributed by atoms with Crippen LogP contribution in [-0.2, 0) is 4.79 Å². The summed E-state index contributed by atoms with van der Waals surface area (Å²) in [5.41, 5.74) is 0. The SMILES string of the molecule is O=CNCC1(Cl)C=C(Cl)C=CN1.